The second-order valence-electron chi connectivity index (χ2n) is 5.07. The fourth-order valence-corrected chi connectivity index (χ4v) is 2.73. The Morgan fingerprint density at radius 1 is 0.895 bits per heavy atom. The molecule has 0 saturated heterocycles. The molecule has 1 heterocycles. The van der Waals surface area contributed by atoms with E-state index in [1.54, 1.807) is 0 Å². The SMILES string of the molecule is c1ccc(CC2NCCNCc3ccccc32)cc1. The molecule has 1 aliphatic heterocycles. The first-order chi connectivity index (χ1) is 9.43. The van der Waals surface area contributed by atoms with Gasteiger partial charge in [0.05, 0.1) is 0 Å². The van der Waals surface area contributed by atoms with E-state index in [-0.39, 0.29) is 0 Å². The molecule has 1 atom stereocenters. The zero-order chi connectivity index (χ0) is 12.9. The second kappa shape index (κ2) is 6.00. The molecule has 1 unspecified atom stereocenters. The third-order valence-corrected chi connectivity index (χ3v) is 3.72. The van der Waals surface area contributed by atoms with Gasteiger partial charge in [-0.15, -0.1) is 0 Å². The number of hydrogen-bond acceptors (Lipinski definition) is 2. The Morgan fingerprint density at radius 3 is 2.58 bits per heavy atom. The van der Waals surface area contributed by atoms with E-state index in [2.05, 4.69) is 65.2 Å². The van der Waals surface area contributed by atoms with Gasteiger partial charge in [-0.05, 0) is 23.1 Å². The fraction of sp³-hybridized carbons (Fsp3) is 0.294. The topological polar surface area (TPSA) is 24.1 Å². The fourth-order valence-electron chi connectivity index (χ4n) is 2.73. The van der Waals surface area contributed by atoms with E-state index in [1.807, 2.05) is 0 Å². The van der Waals surface area contributed by atoms with Gasteiger partial charge in [-0.2, -0.15) is 0 Å². The smallest absolute Gasteiger partial charge is 0.0364 e. The van der Waals surface area contributed by atoms with E-state index in [0.29, 0.717) is 6.04 Å². The van der Waals surface area contributed by atoms with Gasteiger partial charge in [-0.3, -0.25) is 0 Å². The third-order valence-electron chi connectivity index (χ3n) is 3.72. The molecule has 3 rings (SSSR count). The maximum absolute atomic E-state index is 3.66. The summed E-state index contributed by atoms with van der Waals surface area (Å²) in [5.41, 5.74) is 4.23. The molecule has 1 aliphatic rings. The molecule has 2 N–H and O–H groups in total. The summed E-state index contributed by atoms with van der Waals surface area (Å²) in [4.78, 5) is 0. The van der Waals surface area contributed by atoms with E-state index in [1.165, 1.54) is 16.7 Å². The van der Waals surface area contributed by atoms with Crippen LogP contribution in [0, 0.1) is 0 Å². The summed E-state index contributed by atoms with van der Waals surface area (Å²) >= 11 is 0. The van der Waals surface area contributed by atoms with Crippen molar-refractivity contribution in [2.75, 3.05) is 13.1 Å². The van der Waals surface area contributed by atoms with Gasteiger partial charge in [-0.1, -0.05) is 54.6 Å². The third kappa shape index (κ3) is 3.03. The second-order valence-corrected chi connectivity index (χ2v) is 5.07. The molecule has 19 heavy (non-hydrogen) atoms. The van der Waals surface area contributed by atoms with Gasteiger partial charge in [-0.25, -0.2) is 0 Å². The summed E-state index contributed by atoms with van der Waals surface area (Å²) < 4.78 is 0. The molecule has 2 heteroatoms. The highest BCUT2D eigenvalue weighted by Gasteiger charge is 2.16. The Bertz CT molecular complexity index is 522. The van der Waals surface area contributed by atoms with Crippen molar-refractivity contribution in [2.24, 2.45) is 0 Å². The Hall–Kier alpha value is -1.64. The highest BCUT2D eigenvalue weighted by molar-refractivity contribution is 5.32. The van der Waals surface area contributed by atoms with Gasteiger partial charge >= 0.3 is 0 Å². The van der Waals surface area contributed by atoms with Crippen molar-refractivity contribution in [1.82, 2.24) is 10.6 Å². The quantitative estimate of drug-likeness (QED) is 0.858. The molecule has 98 valence electrons. The van der Waals surface area contributed by atoms with Crippen LogP contribution in [-0.4, -0.2) is 13.1 Å². The summed E-state index contributed by atoms with van der Waals surface area (Å²) in [5, 5.41) is 7.13. The minimum absolute atomic E-state index is 0.417. The molecule has 0 aromatic heterocycles. The molecule has 0 fully saturated rings. The van der Waals surface area contributed by atoms with Crippen LogP contribution < -0.4 is 10.6 Å². The first kappa shape index (κ1) is 12.4. The predicted molar refractivity (Wildman–Crippen MR) is 79.0 cm³/mol. The Labute approximate surface area is 114 Å². The predicted octanol–water partition coefficient (Wildman–Crippen LogP) is 2.66. The zero-order valence-electron chi connectivity index (χ0n) is 11.1. The molecule has 0 bridgehead atoms. The van der Waals surface area contributed by atoms with Crippen molar-refractivity contribution in [3.8, 4) is 0 Å². The number of benzene rings is 2. The van der Waals surface area contributed by atoms with Crippen LogP contribution in [0.2, 0.25) is 0 Å². The van der Waals surface area contributed by atoms with Crippen molar-refractivity contribution in [1.29, 1.82) is 0 Å². The number of rotatable bonds is 2. The average Bonchev–Trinajstić information content (AvgIpc) is 2.45. The molecule has 0 saturated carbocycles. The molecule has 0 amide bonds. The maximum atomic E-state index is 3.66. The lowest BCUT2D eigenvalue weighted by Gasteiger charge is -2.25. The molecule has 2 aromatic rings. The van der Waals surface area contributed by atoms with Gasteiger partial charge in [0.15, 0.2) is 0 Å². The number of hydrogen-bond donors (Lipinski definition) is 2. The van der Waals surface area contributed by atoms with Crippen LogP contribution in [0.1, 0.15) is 22.7 Å². The van der Waals surface area contributed by atoms with Crippen LogP contribution >= 0.6 is 0 Å². The Balaban J connectivity index is 1.88. The van der Waals surface area contributed by atoms with Crippen LogP contribution in [0.4, 0.5) is 0 Å². The number of nitrogens with one attached hydrogen (secondary N) is 2. The van der Waals surface area contributed by atoms with Crippen LogP contribution in [0.15, 0.2) is 54.6 Å². The van der Waals surface area contributed by atoms with E-state index in [9.17, 15) is 0 Å². The van der Waals surface area contributed by atoms with Gasteiger partial charge < -0.3 is 10.6 Å². The first-order valence-electron chi connectivity index (χ1n) is 6.99. The normalized spacial score (nSPS) is 19.3. The van der Waals surface area contributed by atoms with Gasteiger partial charge in [0.2, 0.25) is 0 Å². The number of fused-ring (bicyclic) bond motifs is 1. The highest BCUT2D eigenvalue weighted by Crippen LogP contribution is 2.23. The van der Waals surface area contributed by atoms with Crippen LogP contribution in [0.3, 0.4) is 0 Å². The lowest BCUT2D eigenvalue weighted by molar-refractivity contribution is 0.490. The van der Waals surface area contributed by atoms with E-state index in [0.717, 1.165) is 26.1 Å². The van der Waals surface area contributed by atoms with Crippen molar-refractivity contribution in [3.05, 3.63) is 71.3 Å². The van der Waals surface area contributed by atoms with Gasteiger partial charge in [0.1, 0.15) is 0 Å². The summed E-state index contributed by atoms with van der Waals surface area (Å²) in [5.74, 6) is 0. The van der Waals surface area contributed by atoms with Crippen molar-refractivity contribution < 1.29 is 0 Å². The van der Waals surface area contributed by atoms with Crippen LogP contribution in [0.25, 0.3) is 0 Å². The van der Waals surface area contributed by atoms with Gasteiger partial charge in [0.25, 0.3) is 0 Å². The van der Waals surface area contributed by atoms with Crippen LogP contribution in [0.5, 0.6) is 0 Å². The Kier molecular flexibility index (Phi) is 3.92. The van der Waals surface area contributed by atoms with E-state index >= 15 is 0 Å². The lowest BCUT2D eigenvalue weighted by atomic mass is 9.94. The standard InChI is InChI=1S/C17H20N2/c1-2-6-14(7-3-1)12-17-16-9-5-4-8-15(16)13-18-10-11-19-17/h1-9,17-19H,10-13H2. The lowest BCUT2D eigenvalue weighted by Crippen LogP contribution is -2.34. The monoisotopic (exact) mass is 252 g/mol. The largest absolute Gasteiger partial charge is 0.311 e. The first-order valence-corrected chi connectivity index (χ1v) is 6.99. The molecule has 0 spiro atoms. The highest BCUT2D eigenvalue weighted by atomic mass is 15.0. The van der Waals surface area contributed by atoms with Crippen LogP contribution in [-0.2, 0) is 13.0 Å². The van der Waals surface area contributed by atoms with Crippen molar-refractivity contribution >= 4 is 0 Å². The maximum Gasteiger partial charge on any atom is 0.0364 e. The average molecular weight is 252 g/mol. The molecular formula is C17H20N2. The molecular weight excluding hydrogens is 232 g/mol. The summed E-state index contributed by atoms with van der Waals surface area (Å²) in [6, 6.07) is 19.9. The summed E-state index contributed by atoms with van der Waals surface area (Å²) in [7, 11) is 0. The molecule has 2 nitrogen and oxygen atoms in total. The molecule has 2 aromatic carbocycles. The van der Waals surface area contributed by atoms with Crippen molar-refractivity contribution in [3.63, 3.8) is 0 Å². The van der Waals surface area contributed by atoms with E-state index < -0.39 is 0 Å². The molecule has 0 aliphatic carbocycles. The summed E-state index contributed by atoms with van der Waals surface area (Å²) in [6.07, 6.45) is 1.05. The summed E-state index contributed by atoms with van der Waals surface area (Å²) in [6.45, 7) is 3.02. The minimum Gasteiger partial charge on any atom is -0.311 e. The molecule has 0 radical (unpaired) electrons. The van der Waals surface area contributed by atoms with E-state index in [4.69, 9.17) is 0 Å². The van der Waals surface area contributed by atoms with Gasteiger partial charge in [0, 0.05) is 25.7 Å². The minimum atomic E-state index is 0.417. The zero-order valence-corrected chi connectivity index (χ0v) is 11.1. The van der Waals surface area contributed by atoms with Crippen molar-refractivity contribution in [2.45, 2.75) is 19.0 Å². The Morgan fingerprint density at radius 2 is 1.68 bits per heavy atom.